The average molecular weight is 425 g/mol. The van der Waals surface area contributed by atoms with Gasteiger partial charge in [-0.15, -0.1) is 0 Å². The summed E-state index contributed by atoms with van der Waals surface area (Å²) in [6, 6.07) is 13.0. The zero-order valence-electron chi connectivity index (χ0n) is 15.0. The molecule has 29 heavy (non-hydrogen) atoms. The van der Waals surface area contributed by atoms with E-state index in [1.165, 1.54) is 23.5 Å². The number of nitro benzene ring substituents is 1. The van der Waals surface area contributed by atoms with Crippen LogP contribution in [0.25, 0.3) is 20.9 Å². The normalized spacial score (nSPS) is 10.8. The van der Waals surface area contributed by atoms with E-state index in [0.29, 0.717) is 5.69 Å². The molecule has 1 N–H and O–H groups in total. The van der Waals surface area contributed by atoms with Crippen LogP contribution in [0.15, 0.2) is 54.7 Å². The highest BCUT2D eigenvalue weighted by molar-refractivity contribution is 7.21. The van der Waals surface area contributed by atoms with Crippen LogP contribution in [0.4, 0.5) is 11.4 Å². The number of pyridine rings is 1. The first-order valence-corrected chi connectivity index (χ1v) is 9.70. The third-order valence-corrected chi connectivity index (χ3v) is 5.73. The summed E-state index contributed by atoms with van der Waals surface area (Å²) < 4.78 is 0. The highest BCUT2D eigenvalue weighted by atomic mass is 35.5. The molecule has 2 aromatic heterocycles. The van der Waals surface area contributed by atoms with Gasteiger partial charge in [0.2, 0.25) is 0 Å². The highest BCUT2D eigenvalue weighted by Crippen LogP contribution is 2.34. The van der Waals surface area contributed by atoms with Crippen molar-refractivity contribution in [2.45, 2.75) is 6.92 Å². The van der Waals surface area contributed by atoms with E-state index in [4.69, 9.17) is 11.6 Å². The molecule has 0 unspecified atom stereocenters. The molecule has 0 bridgehead atoms. The summed E-state index contributed by atoms with van der Waals surface area (Å²) in [5.74, 6) is -0.523. The Hall–Kier alpha value is -3.36. The Morgan fingerprint density at radius 1 is 1.21 bits per heavy atom. The molecule has 4 aromatic rings. The van der Waals surface area contributed by atoms with Crippen LogP contribution in [0.1, 0.15) is 15.9 Å². The SMILES string of the molecule is Cc1c(NC(=O)c2cc([N+](=O)[O-])ccc2Cl)cccc1-c1nc2cccnc2s1. The van der Waals surface area contributed by atoms with Crippen molar-refractivity contribution in [2.24, 2.45) is 0 Å². The number of hydrogen-bond acceptors (Lipinski definition) is 6. The van der Waals surface area contributed by atoms with E-state index in [1.807, 2.05) is 31.2 Å². The van der Waals surface area contributed by atoms with Gasteiger partial charge in [0.1, 0.15) is 15.4 Å². The Morgan fingerprint density at radius 3 is 2.79 bits per heavy atom. The van der Waals surface area contributed by atoms with Gasteiger partial charge in [-0.2, -0.15) is 0 Å². The van der Waals surface area contributed by atoms with Crippen molar-refractivity contribution in [2.75, 3.05) is 5.32 Å². The Bertz CT molecular complexity index is 1240. The number of non-ortho nitro benzene ring substituents is 1. The predicted molar refractivity (Wildman–Crippen MR) is 114 cm³/mol. The van der Waals surface area contributed by atoms with Crippen LogP contribution in [0.2, 0.25) is 5.02 Å². The lowest BCUT2D eigenvalue weighted by atomic mass is 10.1. The number of halogens is 1. The van der Waals surface area contributed by atoms with Crippen LogP contribution in [0.3, 0.4) is 0 Å². The first-order valence-electron chi connectivity index (χ1n) is 8.51. The number of fused-ring (bicyclic) bond motifs is 1. The zero-order chi connectivity index (χ0) is 20.5. The number of nitrogens with one attached hydrogen (secondary N) is 1. The second kappa shape index (κ2) is 7.57. The fourth-order valence-corrected chi connectivity index (χ4v) is 4.07. The average Bonchev–Trinajstić information content (AvgIpc) is 3.13. The number of nitrogens with zero attached hydrogens (tertiary/aromatic N) is 3. The molecular weight excluding hydrogens is 412 g/mol. The van der Waals surface area contributed by atoms with Gasteiger partial charge >= 0.3 is 0 Å². The third kappa shape index (κ3) is 3.67. The van der Waals surface area contributed by atoms with Crippen molar-refractivity contribution in [1.29, 1.82) is 0 Å². The Balaban J connectivity index is 1.68. The first-order chi connectivity index (χ1) is 13.9. The molecule has 0 spiro atoms. The summed E-state index contributed by atoms with van der Waals surface area (Å²) in [5, 5.41) is 14.7. The minimum absolute atomic E-state index is 0.0369. The van der Waals surface area contributed by atoms with Crippen molar-refractivity contribution in [1.82, 2.24) is 9.97 Å². The van der Waals surface area contributed by atoms with Crippen LogP contribution in [0.5, 0.6) is 0 Å². The van der Waals surface area contributed by atoms with E-state index in [1.54, 1.807) is 12.3 Å². The van der Waals surface area contributed by atoms with Crippen molar-refractivity contribution >= 4 is 50.6 Å². The molecular formula is C20H13ClN4O3S. The molecule has 9 heteroatoms. The minimum Gasteiger partial charge on any atom is -0.322 e. The molecule has 4 rings (SSSR count). The van der Waals surface area contributed by atoms with E-state index in [9.17, 15) is 14.9 Å². The molecule has 0 radical (unpaired) electrons. The number of nitro groups is 1. The number of benzene rings is 2. The number of carbonyl (C=O) groups excluding carboxylic acids is 1. The molecule has 0 saturated heterocycles. The lowest BCUT2D eigenvalue weighted by molar-refractivity contribution is -0.384. The molecule has 0 aliphatic heterocycles. The van der Waals surface area contributed by atoms with Crippen LogP contribution >= 0.6 is 22.9 Å². The summed E-state index contributed by atoms with van der Waals surface area (Å²) in [4.78, 5) is 32.9. The largest absolute Gasteiger partial charge is 0.322 e. The molecule has 0 fully saturated rings. The summed E-state index contributed by atoms with van der Waals surface area (Å²) in [6.45, 7) is 1.87. The number of amides is 1. The van der Waals surface area contributed by atoms with Gasteiger partial charge in [-0.3, -0.25) is 14.9 Å². The predicted octanol–water partition coefficient (Wildman–Crippen LogP) is 5.48. The molecule has 0 atom stereocenters. The van der Waals surface area contributed by atoms with Crippen molar-refractivity contribution in [3.05, 3.63) is 81.0 Å². The van der Waals surface area contributed by atoms with E-state index in [0.717, 1.165) is 32.5 Å². The van der Waals surface area contributed by atoms with Gasteiger partial charge in [0.05, 0.1) is 15.5 Å². The van der Waals surface area contributed by atoms with E-state index >= 15 is 0 Å². The summed E-state index contributed by atoms with van der Waals surface area (Å²) >= 11 is 7.54. The van der Waals surface area contributed by atoms with Crippen LogP contribution in [-0.2, 0) is 0 Å². The fourth-order valence-electron chi connectivity index (χ4n) is 2.88. The van der Waals surface area contributed by atoms with E-state index < -0.39 is 10.8 Å². The number of rotatable bonds is 4. The Kier molecular flexibility index (Phi) is 4.96. The molecule has 7 nitrogen and oxygen atoms in total. The zero-order valence-corrected chi connectivity index (χ0v) is 16.6. The standard InChI is InChI=1S/C20H13ClN4O3S/c1-11-13(19-24-17-6-3-9-22-20(17)29-19)4-2-5-16(11)23-18(26)14-10-12(25(27)28)7-8-15(14)21/h2-10H,1H3,(H,23,26). The highest BCUT2D eigenvalue weighted by Gasteiger charge is 2.18. The molecule has 2 aromatic carbocycles. The smallest absolute Gasteiger partial charge is 0.270 e. The summed E-state index contributed by atoms with van der Waals surface area (Å²) in [6.07, 6.45) is 1.72. The maximum atomic E-state index is 12.7. The molecule has 2 heterocycles. The van der Waals surface area contributed by atoms with Gasteiger partial charge in [0.15, 0.2) is 0 Å². The quantitative estimate of drug-likeness (QED) is 0.345. The molecule has 0 aliphatic carbocycles. The van der Waals surface area contributed by atoms with Crippen molar-refractivity contribution in [3.8, 4) is 10.6 Å². The number of carbonyl (C=O) groups is 1. The van der Waals surface area contributed by atoms with Gasteiger partial charge in [-0.05, 0) is 36.8 Å². The lowest BCUT2D eigenvalue weighted by Crippen LogP contribution is -2.14. The van der Waals surface area contributed by atoms with E-state index in [-0.39, 0.29) is 16.3 Å². The summed E-state index contributed by atoms with van der Waals surface area (Å²) in [7, 11) is 0. The topological polar surface area (TPSA) is 98.0 Å². The third-order valence-electron chi connectivity index (χ3n) is 4.38. The molecule has 1 amide bonds. The Labute approximate surface area is 174 Å². The fraction of sp³-hybridized carbons (Fsp3) is 0.0500. The maximum absolute atomic E-state index is 12.7. The minimum atomic E-state index is -0.569. The van der Waals surface area contributed by atoms with Crippen molar-refractivity contribution in [3.63, 3.8) is 0 Å². The van der Waals surface area contributed by atoms with Gasteiger partial charge in [0.25, 0.3) is 11.6 Å². The van der Waals surface area contributed by atoms with Crippen LogP contribution in [0, 0.1) is 17.0 Å². The van der Waals surface area contributed by atoms with Gasteiger partial charge in [-0.1, -0.05) is 35.1 Å². The second-order valence-corrected chi connectivity index (χ2v) is 7.58. The van der Waals surface area contributed by atoms with E-state index in [2.05, 4.69) is 15.3 Å². The molecule has 0 saturated carbocycles. The van der Waals surface area contributed by atoms with Crippen LogP contribution in [-0.4, -0.2) is 20.8 Å². The van der Waals surface area contributed by atoms with Gasteiger partial charge in [0, 0.05) is 29.6 Å². The van der Waals surface area contributed by atoms with Gasteiger partial charge in [-0.25, -0.2) is 9.97 Å². The maximum Gasteiger partial charge on any atom is 0.270 e. The monoisotopic (exact) mass is 424 g/mol. The number of anilines is 1. The molecule has 144 valence electrons. The van der Waals surface area contributed by atoms with Crippen molar-refractivity contribution < 1.29 is 9.72 Å². The van der Waals surface area contributed by atoms with Gasteiger partial charge < -0.3 is 5.32 Å². The van der Waals surface area contributed by atoms with Crippen LogP contribution < -0.4 is 5.32 Å². The number of hydrogen-bond donors (Lipinski definition) is 1. The Morgan fingerprint density at radius 2 is 2.03 bits per heavy atom. The number of thiazole rings is 1. The first kappa shape index (κ1) is 19.0. The lowest BCUT2D eigenvalue weighted by Gasteiger charge is -2.12. The number of aromatic nitrogens is 2. The summed E-state index contributed by atoms with van der Waals surface area (Å²) in [5.41, 5.74) is 2.91. The molecule has 0 aliphatic rings. The second-order valence-electron chi connectivity index (χ2n) is 6.20.